The van der Waals surface area contributed by atoms with E-state index in [9.17, 15) is 46.6 Å². The smallest absolute Gasteiger partial charge is 0.378 e. The Bertz CT molecular complexity index is 1080. The zero-order valence-corrected chi connectivity index (χ0v) is 18.8. The van der Waals surface area contributed by atoms with E-state index in [4.69, 9.17) is 0 Å². The summed E-state index contributed by atoms with van der Waals surface area (Å²) in [5.74, 6) is 0. The van der Waals surface area contributed by atoms with Crippen molar-refractivity contribution < 1.29 is 36.2 Å². The fraction of sp³-hybridized carbons (Fsp3) is 0.400. The van der Waals surface area contributed by atoms with Gasteiger partial charge >= 0.3 is 12.4 Å². The number of nitro groups is 2. The van der Waals surface area contributed by atoms with Crippen molar-refractivity contribution in [2.45, 2.75) is 39.0 Å². The summed E-state index contributed by atoms with van der Waals surface area (Å²) in [4.78, 5) is 20.8. The molecule has 0 aliphatic rings. The van der Waals surface area contributed by atoms with E-state index in [1.165, 1.54) is 0 Å². The van der Waals surface area contributed by atoms with Crippen LogP contribution < -0.4 is 10.6 Å². The molecule has 2 aromatic carbocycles. The quantitative estimate of drug-likeness (QED) is 0.143. The molecule has 2 aromatic rings. The second kappa shape index (κ2) is 11.2. The van der Waals surface area contributed by atoms with Crippen molar-refractivity contribution in [2.24, 2.45) is 10.2 Å². The zero-order chi connectivity index (χ0) is 27.3. The minimum absolute atomic E-state index is 0.0903. The minimum Gasteiger partial charge on any atom is -0.378 e. The van der Waals surface area contributed by atoms with Crippen molar-refractivity contribution in [1.29, 1.82) is 0 Å². The van der Waals surface area contributed by atoms with E-state index in [0.29, 0.717) is 37.1 Å². The fourth-order valence-corrected chi connectivity index (χ4v) is 2.97. The molecule has 0 aliphatic carbocycles. The molecular weight excluding hydrogens is 502 g/mol. The van der Waals surface area contributed by atoms with Gasteiger partial charge in [0, 0.05) is 25.2 Å². The van der Waals surface area contributed by atoms with Crippen LogP contribution in [0.5, 0.6) is 0 Å². The maximum atomic E-state index is 13.4. The van der Waals surface area contributed by atoms with E-state index in [0.717, 1.165) is 0 Å². The van der Waals surface area contributed by atoms with E-state index in [1.807, 2.05) is 0 Å². The maximum absolute atomic E-state index is 13.4. The molecule has 0 spiro atoms. The molecule has 16 heteroatoms. The number of anilines is 2. The first-order valence-corrected chi connectivity index (χ1v) is 10.4. The van der Waals surface area contributed by atoms with Gasteiger partial charge in [-0.2, -0.15) is 26.3 Å². The highest BCUT2D eigenvalue weighted by Crippen LogP contribution is 2.45. The molecule has 0 bridgehead atoms. The van der Waals surface area contributed by atoms with Gasteiger partial charge in [0.25, 0.3) is 11.4 Å². The first kappa shape index (κ1) is 28.3. The van der Waals surface area contributed by atoms with E-state index < -0.39 is 67.5 Å². The van der Waals surface area contributed by atoms with Crippen molar-refractivity contribution in [3.63, 3.8) is 0 Å². The molecule has 0 fully saturated rings. The van der Waals surface area contributed by atoms with Crippen LogP contribution in [0.25, 0.3) is 0 Å². The predicted octanol–water partition coefficient (Wildman–Crippen LogP) is 7.60. The number of hydrogen-bond acceptors (Lipinski definition) is 8. The van der Waals surface area contributed by atoms with E-state index in [-0.39, 0.29) is 13.1 Å². The Morgan fingerprint density at radius 3 is 1.31 bits per heavy atom. The maximum Gasteiger partial charge on any atom is 0.416 e. The first-order chi connectivity index (χ1) is 16.7. The Kier molecular flexibility index (Phi) is 8.77. The highest BCUT2D eigenvalue weighted by Gasteiger charge is 2.36. The number of azo groups is 1. The second-order valence-corrected chi connectivity index (χ2v) is 7.34. The number of nitrogens with zero attached hydrogens (tertiary/aromatic N) is 4. The van der Waals surface area contributed by atoms with Gasteiger partial charge in [0.15, 0.2) is 0 Å². The summed E-state index contributed by atoms with van der Waals surface area (Å²) in [5.41, 5.74) is -7.10. The Hall–Kier alpha value is -3.98. The van der Waals surface area contributed by atoms with Crippen LogP contribution in [-0.4, -0.2) is 22.9 Å². The largest absolute Gasteiger partial charge is 0.416 e. The lowest BCUT2D eigenvalue weighted by Crippen LogP contribution is -2.09. The average molecular weight is 522 g/mol. The molecule has 0 saturated heterocycles. The number of nitro benzene ring substituents is 2. The van der Waals surface area contributed by atoms with Crippen LogP contribution in [0.4, 0.5) is 60.5 Å². The zero-order valence-electron chi connectivity index (χ0n) is 18.8. The van der Waals surface area contributed by atoms with Crippen molar-refractivity contribution in [3.8, 4) is 0 Å². The van der Waals surface area contributed by atoms with Gasteiger partial charge in [-0.3, -0.25) is 20.2 Å². The molecule has 0 heterocycles. The highest BCUT2D eigenvalue weighted by molar-refractivity contribution is 5.79. The summed E-state index contributed by atoms with van der Waals surface area (Å²) in [6, 6.07) is 1.46. The molecule has 2 N–H and O–H groups in total. The summed E-state index contributed by atoms with van der Waals surface area (Å²) < 4.78 is 80.2. The third-order valence-corrected chi connectivity index (χ3v) is 4.61. The number of halogens is 6. The molecule has 196 valence electrons. The molecule has 10 nitrogen and oxygen atoms in total. The molecule has 0 radical (unpaired) electrons. The van der Waals surface area contributed by atoms with Gasteiger partial charge in [-0.05, 0) is 25.0 Å². The van der Waals surface area contributed by atoms with Crippen LogP contribution in [0.3, 0.4) is 0 Å². The SMILES string of the molecule is CCCNc1c(N=Nc2cc(C(F)(F)F)cc([N+](=O)[O-])c2NCCC)cc(C(F)(F)F)cc1[N+](=O)[O-]. The summed E-state index contributed by atoms with van der Waals surface area (Å²) in [6.45, 7) is 3.54. The Balaban J connectivity index is 2.83. The fourth-order valence-electron chi connectivity index (χ4n) is 2.97. The van der Waals surface area contributed by atoms with Gasteiger partial charge in [-0.1, -0.05) is 13.8 Å². The van der Waals surface area contributed by atoms with Gasteiger partial charge in [0.05, 0.1) is 21.0 Å². The lowest BCUT2D eigenvalue weighted by atomic mass is 10.1. The molecule has 2 rings (SSSR count). The van der Waals surface area contributed by atoms with E-state index >= 15 is 0 Å². The van der Waals surface area contributed by atoms with Crippen molar-refractivity contribution in [1.82, 2.24) is 0 Å². The Morgan fingerprint density at radius 1 is 0.722 bits per heavy atom. The Labute approximate surface area is 199 Å². The van der Waals surface area contributed by atoms with Crippen LogP contribution in [0.1, 0.15) is 37.8 Å². The van der Waals surface area contributed by atoms with Gasteiger partial charge in [0.1, 0.15) is 22.7 Å². The lowest BCUT2D eigenvalue weighted by Gasteiger charge is -2.14. The van der Waals surface area contributed by atoms with Crippen molar-refractivity contribution in [3.05, 3.63) is 55.6 Å². The number of nitrogens with one attached hydrogen (secondary N) is 2. The number of benzene rings is 2. The monoisotopic (exact) mass is 522 g/mol. The van der Waals surface area contributed by atoms with Crippen LogP contribution in [0.2, 0.25) is 0 Å². The average Bonchev–Trinajstić information content (AvgIpc) is 2.78. The molecule has 0 saturated carbocycles. The number of hydrogen-bond donors (Lipinski definition) is 2. The van der Waals surface area contributed by atoms with E-state index in [2.05, 4.69) is 20.9 Å². The molecule has 0 unspecified atom stereocenters. The summed E-state index contributed by atoms with van der Waals surface area (Å²) >= 11 is 0. The molecule has 36 heavy (non-hydrogen) atoms. The van der Waals surface area contributed by atoms with Crippen molar-refractivity contribution >= 4 is 34.1 Å². The summed E-state index contributed by atoms with van der Waals surface area (Å²) in [6.07, 6.45) is -9.19. The van der Waals surface area contributed by atoms with Gasteiger partial charge < -0.3 is 10.6 Å². The first-order valence-electron chi connectivity index (χ1n) is 10.4. The predicted molar refractivity (Wildman–Crippen MR) is 118 cm³/mol. The van der Waals surface area contributed by atoms with Crippen LogP contribution in [0, 0.1) is 20.2 Å². The molecule has 0 aromatic heterocycles. The number of alkyl halides is 6. The summed E-state index contributed by atoms with van der Waals surface area (Å²) in [5, 5.41) is 35.2. The van der Waals surface area contributed by atoms with Crippen molar-refractivity contribution in [2.75, 3.05) is 23.7 Å². The standard InChI is InChI=1S/C20H20F6N6O4/c1-3-5-27-17-13(7-11(19(21,22)23)9-15(17)31(33)34)29-30-14-8-12(20(24,25)26)10-16(32(35)36)18(14)28-6-4-2/h7-10,27-28H,3-6H2,1-2H3. The second-order valence-electron chi connectivity index (χ2n) is 7.34. The van der Waals surface area contributed by atoms with Crippen LogP contribution in [0.15, 0.2) is 34.5 Å². The van der Waals surface area contributed by atoms with Gasteiger partial charge in [0.2, 0.25) is 0 Å². The normalized spacial score (nSPS) is 12.1. The highest BCUT2D eigenvalue weighted by atomic mass is 19.4. The Morgan fingerprint density at radius 2 is 1.06 bits per heavy atom. The minimum atomic E-state index is -5.01. The molecule has 0 atom stereocenters. The molecule has 0 amide bonds. The lowest BCUT2D eigenvalue weighted by molar-refractivity contribution is -0.384. The third kappa shape index (κ3) is 6.79. The van der Waals surface area contributed by atoms with Gasteiger partial charge in [-0.15, -0.1) is 10.2 Å². The summed E-state index contributed by atoms with van der Waals surface area (Å²) in [7, 11) is 0. The van der Waals surface area contributed by atoms with Crippen LogP contribution >= 0.6 is 0 Å². The topological polar surface area (TPSA) is 135 Å². The van der Waals surface area contributed by atoms with Crippen LogP contribution in [-0.2, 0) is 12.4 Å². The third-order valence-electron chi connectivity index (χ3n) is 4.61. The number of rotatable bonds is 10. The van der Waals surface area contributed by atoms with E-state index in [1.54, 1.807) is 13.8 Å². The molecular formula is C20H20F6N6O4. The molecule has 0 aliphatic heterocycles. The van der Waals surface area contributed by atoms with Gasteiger partial charge in [-0.25, -0.2) is 0 Å².